The number of ether oxygens (including phenoxy) is 1. The highest BCUT2D eigenvalue weighted by Gasteiger charge is 2.14. The van der Waals surface area contributed by atoms with Crippen LogP contribution in [0.25, 0.3) is 0 Å². The lowest BCUT2D eigenvalue weighted by atomic mass is 10.3. The fraction of sp³-hybridized carbons (Fsp3) is 0.250. The summed E-state index contributed by atoms with van der Waals surface area (Å²) in [6.45, 7) is 1.81. The molecule has 0 bridgehead atoms. The van der Waals surface area contributed by atoms with Gasteiger partial charge in [0.15, 0.2) is 11.5 Å². The Hall–Kier alpha value is -1.16. The third-order valence-corrected chi connectivity index (χ3v) is 1.48. The van der Waals surface area contributed by atoms with Gasteiger partial charge in [-0.05, 0) is 13.0 Å². The first-order chi connectivity index (χ1) is 6.15. The molecule has 0 radical (unpaired) electrons. The molecule has 5 heteroatoms. The number of carbonyl (C=O) groups is 1. The third-order valence-electron chi connectivity index (χ3n) is 1.28. The SMILES string of the molecule is CCOC(=O)c1ncc(Cl)cc1F. The second-order valence-electron chi connectivity index (χ2n) is 2.20. The number of pyridine rings is 1. The van der Waals surface area contributed by atoms with Crippen molar-refractivity contribution in [2.75, 3.05) is 6.61 Å². The molecule has 0 amide bonds. The van der Waals surface area contributed by atoms with Gasteiger partial charge in [0.25, 0.3) is 0 Å². The van der Waals surface area contributed by atoms with Gasteiger partial charge in [0, 0.05) is 6.20 Å². The van der Waals surface area contributed by atoms with Crippen LogP contribution in [0.3, 0.4) is 0 Å². The molecule has 13 heavy (non-hydrogen) atoms. The fourth-order valence-corrected chi connectivity index (χ4v) is 0.909. The van der Waals surface area contributed by atoms with Crippen LogP contribution in [0, 0.1) is 5.82 Å². The number of rotatable bonds is 2. The lowest BCUT2D eigenvalue weighted by molar-refractivity contribution is 0.0513. The largest absolute Gasteiger partial charge is 0.461 e. The van der Waals surface area contributed by atoms with E-state index in [9.17, 15) is 9.18 Å². The molecule has 1 aromatic rings. The van der Waals surface area contributed by atoms with E-state index in [2.05, 4.69) is 9.72 Å². The van der Waals surface area contributed by atoms with E-state index in [1.165, 1.54) is 6.20 Å². The van der Waals surface area contributed by atoms with Crippen LogP contribution in [-0.2, 0) is 4.74 Å². The van der Waals surface area contributed by atoms with Crippen molar-refractivity contribution in [2.45, 2.75) is 6.92 Å². The predicted octanol–water partition coefficient (Wildman–Crippen LogP) is 2.05. The first-order valence-corrected chi connectivity index (χ1v) is 4.01. The van der Waals surface area contributed by atoms with Crippen molar-refractivity contribution in [3.8, 4) is 0 Å². The second kappa shape index (κ2) is 4.18. The minimum absolute atomic E-state index is 0.144. The lowest BCUT2D eigenvalue weighted by Crippen LogP contribution is -2.09. The molecule has 0 aliphatic carbocycles. The average Bonchev–Trinajstić information content (AvgIpc) is 2.04. The van der Waals surface area contributed by atoms with Gasteiger partial charge in [0.05, 0.1) is 11.6 Å². The topological polar surface area (TPSA) is 39.2 Å². The summed E-state index contributed by atoms with van der Waals surface area (Å²) in [7, 11) is 0. The summed E-state index contributed by atoms with van der Waals surface area (Å²) in [6, 6.07) is 1.01. The highest BCUT2D eigenvalue weighted by atomic mass is 35.5. The number of nitrogens with zero attached hydrogens (tertiary/aromatic N) is 1. The highest BCUT2D eigenvalue weighted by molar-refractivity contribution is 6.30. The van der Waals surface area contributed by atoms with Gasteiger partial charge in [-0.1, -0.05) is 11.6 Å². The van der Waals surface area contributed by atoms with Crippen LogP contribution in [0.1, 0.15) is 17.4 Å². The van der Waals surface area contributed by atoms with Crippen LogP contribution in [0.2, 0.25) is 5.02 Å². The summed E-state index contributed by atoms with van der Waals surface area (Å²) >= 11 is 5.44. The second-order valence-corrected chi connectivity index (χ2v) is 2.64. The molecule has 0 saturated heterocycles. The molecule has 0 aliphatic heterocycles. The molecule has 0 N–H and O–H groups in total. The fourth-order valence-electron chi connectivity index (χ4n) is 0.764. The lowest BCUT2D eigenvalue weighted by Gasteiger charge is -2.01. The maximum Gasteiger partial charge on any atom is 0.359 e. The number of halogens is 2. The van der Waals surface area contributed by atoms with Crippen LogP contribution in [0.15, 0.2) is 12.3 Å². The highest BCUT2D eigenvalue weighted by Crippen LogP contribution is 2.12. The van der Waals surface area contributed by atoms with Crippen LogP contribution in [0.5, 0.6) is 0 Å². The molecule has 1 aromatic heterocycles. The quantitative estimate of drug-likeness (QED) is 0.691. The van der Waals surface area contributed by atoms with E-state index in [0.29, 0.717) is 0 Å². The van der Waals surface area contributed by atoms with Crippen molar-refractivity contribution in [2.24, 2.45) is 0 Å². The molecule has 1 heterocycles. The smallest absolute Gasteiger partial charge is 0.359 e. The summed E-state index contributed by atoms with van der Waals surface area (Å²) in [5.41, 5.74) is -0.341. The average molecular weight is 204 g/mol. The van der Waals surface area contributed by atoms with Gasteiger partial charge in [-0.2, -0.15) is 0 Å². The van der Waals surface area contributed by atoms with E-state index in [0.717, 1.165) is 6.07 Å². The first kappa shape index (κ1) is 9.92. The summed E-state index contributed by atoms with van der Waals surface area (Å²) in [5, 5.41) is 0.144. The summed E-state index contributed by atoms with van der Waals surface area (Å²) in [5.74, 6) is -1.55. The normalized spacial score (nSPS) is 9.77. The maximum absolute atomic E-state index is 13.0. The Labute approximate surface area is 79.5 Å². The molecular formula is C8H7ClFNO2. The van der Waals surface area contributed by atoms with Crippen molar-refractivity contribution < 1.29 is 13.9 Å². The molecule has 0 spiro atoms. The molecule has 70 valence electrons. The number of aromatic nitrogens is 1. The Morgan fingerprint density at radius 1 is 1.77 bits per heavy atom. The molecule has 0 fully saturated rings. The Morgan fingerprint density at radius 2 is 2.46 bits per heavy atom. The predicted molar refractivity (Wildman–Crippen MR) is 45.2 cm³/mol. The van der Waals surface area contributed by atoms with Gasteiger partial charge >= 0.3 is 5.97 Å². The van der Waals surface area contributed by atoms with Gasteiger partial charge in [-0.3, -0.25) is 0 Å². The molecule has 0 saturated carbocycles. The Kier molecular flexibility index (Phi) is 3.19. The standard InChI is InChI=1S/C8H7ClFNO2/c1-2-13-8(12)7-6(10)3-5(9)4-11-7/h3-4H,2H2,1H3. The monoisotopic (exact) mass is 203 g/mol. The van der Waals surface area contributed by atoms with Gasteiger partial charge < -0.3 is 4.74 Å². The third kappa shape index (κ3) is 2.39. The van der Waals surface area contributed by atoms with Crippen molar-refractivity contribution in [1.29, 1.82) is 0 Å². The zero-order chi connectivity index (χ0) is 9.84. The van der Waals surface area contributed by atoms with Crippen LogP contribution in [-0.4, -0.2) is 17.6 Å². The van der Waals surface area contributed by atoms with E-state index in [1.54, 1.807) is 6.92 Å². The Balaban J connectivity index is 2.95. The molecule has 0 aliphatic rings. The van der Waals surface area contributed by atoms with Crippen LogP contribution in [0.4, 0.5) is 4.39 Å². The minimum atomic E-state index is -0.781. The van der Waals surface area contributed by atoms with Gasteiger partial charge in [0.1, 0.15) is 0 Å². The molecule has 0 unspecified atom stereocenters. The van der Waals surface area contributed by atoms with E-state index >= 15 is 0 Å². The summed E-state index contributed by atoms with van der Waals surface area (Å²) < 4.78 is 17.5. The Bertz CT molecular complexity index is 330. The van der Waals surface area contributed by atoms with Crippen LogP contribution < -0.4 is 0 Å². The van der Waals surface area contributed by atoms with Gasteiger partial charge in [0.2, 0.25) is 0 Å². The van der Waals surface area contributed by atoms with Crippen molar-refractivity contribution >= 4 is 17.6 Å². The number of hydrogen-bond donors (Lipinski definition) is 0. The van der Waals surface area contributed by atoms with E-state index < -0.39 is 11.8 Å². The van der Waals surface area contributed by atoms with Crippen molar-refractivity contribution in [3.05, 3.63) is 28.8 Å². The molecule has 0 aromatic carbocycles. The Morgan fingerprint density at radius 3 is 3.00 bits per heavy atom. The zero-order valence-electron chi connectivity index (χ0n) is 6.88. The van der Waals surface area contributed by atoms with E-state index in [-0.39, 0.29) is 17.3 Å². The molecule has 3 nitrogen and oxygen atoms in total. The van der Waals surface area contributed by atoms with E-state index in [1.807, 2.05) is 0 Å². The number of hydrogen-bond acceptors (Lipinski definition) is 3. The summed E-state index contributed by atoms with van der Waals surface area (Å²) in [6.07, 6.45) is 1.19. The van der Waals surface area contributed by atoms with E-state index in [4.69, 9.17) is 11.6 Å². The van der Waals surface area contributed by atoms with Gasteiger partial charge in [-0.15, -0.1) is 0 Å². The minimum Gasteiger partial charge on any atom is -0.461 e. The zero-order valence-corrected chi connectivity index (χ0v) is 7.64. The van der Waals surface area contributed by atoms with Crippen molar-refractivity contribution in [1.82, 2.24) is 4.98 Å². The molecule has 1 rings (SSSR count). The number of carbonyl (C=O) groups excluding carboxylic acids is 1. The maximum atomic E-state index is 13.0. The first-order valence-electron chi connectivity index (χ1n) is 3.63. The summed E-state index contributed by atoms with van der Waals surface area (Å²) in [4.78, 5) is 14.5. The van der Waals surface area contributed by atoms with Crippen molar-refractivity contribution in [3.63, 3.8) is 0 Å². The number of esters is 1. The van der Waals surface area contributed by atoms with Gasteiger partial charge in [-0.25, -0.2) is 14.2 Å². The molecular weight excluding hydrogens is 197 g/mol. The molecule has 0 atom stereocenters. The van der Waals surface area contributed by atoms with Crippen LogP contribution >= 0.6 is 11.6 Å².